The number of aliphatic hydroxyl groups is 18. The maximum Gasteiger partial charge on any atom is 0.397 e. The molecule has 0 radical (unpaired) electrons. The van der Waals surface area contributed by atoms with Crippen LogP contribution in [0.25, 0.3) is 0 Å². The Morgan fingerprint density at radius 1 is 0.325 bits per heavy atom. The van der Waals surface area contributed by atoms with Crippen molar-refractivity contribution in [3.8, 4) is 0 Å². The first-order valence-electron chi connectivity index (χ1n) is 38.7. The van der Waals surface area contributed by atoms with Crippen LogP contribution in [-0.2, 0) is 130 Å². The molecule has 7 rings (SSSR count). The summed E-state index contributed by atoms with van der Waals surface area (Å²) in [5.74, 6) is -1.39. The fourth-order valence-corrected chi connectivity index (χ4v) is 15.2. The van der Waals surface area contributed by atoms with Crippen molar-refractivity contribution in [2.24, 2.45) is 41.4 Å². The number of aliphatic hydroxyl groups excluding tert-OH is 18. The lowest BCUT2D eigenvalue weighted by Crippen LogP contribution is -2.65. The predicted octanol–water partition coefficient (Wildman–Crippen LogP) is -11.1. The lowest BCUT2D eigenvalue weighted by atomic mass is 9.87. The van der Waals surface area contributed by atoms with Crippen molar-refractivity contribution >= 4 is 77.7 Å². The highest BCUT2D eigenvalue weighted by atomic mass is 32.3. The fraction of sp³-hybridized carbons (Fsp3) is 0.913. The Kier molecular flexibility index (Phi) is 59.1. The SMILES string of the molecule is CC(=O)NC1C(O)C(O)C(CO)OC1C(C)C.CC(=O)NC1C(O)C(O)C(COS(=O)(=O)O)OC1C(C)C.CC(=O)NC1C(O)C(OS(=O)(=O)O)C(CO)OC1C(C)C.CC(C)C1OC(CO)C(O)C(O)C1NS(=O)(=O)O.CC(C)C1OCC(O)C(O)C1O.CC(C)C1OCC(O)C(O)C1O.CC(C)C1OCC(O)C(O)C1OS(=O)(=O)O.O=C=O.O=C=O.O=C=O. The van der Waals surface area contributed by atoms with E-state index in [4.69, 9.17) is 101 Å². The predicted molar refractivity (Wildman–Crippen MR) is 416 cm³/mol. The molecule has 7 heterocycles. The Hall–Kier alpha value is -4.97. The van der Waals surface area contributed by atoms with Gasteiger partial charge in [0.2, 0.25) is 17.7 Å². The first kappa shape index (κ1) is 125. The fourth-order valence-electron chi connectivity index (χ4n) is 13.2. The molecule has 32 unspecified atom stereocenters. The normalized spacial score (nSPS) is 35.0. The monoisotopic (exact) mass is 1930 g/mol. The zero-order chi connectivity index (χ0) is 99.2. The number of carbonyl (C=O) groups is 3. The van der Waals surface area contributed by atoms with Crippen molar-refractivity contribution in [3.63, 3.8) is 0 Å². The summed E-state index contributed by atoms with van der Waals surface area (Å²) in [6, 6.07) is -3.61. The van der Waals surface area contributed by atoms with Gasteiger partial charge in [-0.15, -0.1) is 0 Å². The van der Waals surface area contributed by atoms with Crippen molar-refractivity contribution < 1.29 is 233 Å². The number of nitrogens with one attached hydrogen (secondary N) is 4. The van der Waals surface area contributed by atoms with Gasteiger partial charge in [-0.1, -0.05) is 96.9 Å². The van der Waals surface area contributed by atoms with E-state index in [0.29, 0.717) is 0 Å². The Bertz CT molecular complexity index is 3620. The molecule has 3 amide bonds. The van der Waals surface area contributed by atoms with Gasteiger partial charge in [0.25, 0.3) is 0 Å². The summed E-state index contributed by atoms with van der Waals surface area (Å²) in [4.78, 5) is 82.2. The van der Waals surface area contributed by atoms with E-state index in [1.54, 1.807) is 55.4 Å². The number of carbonyl (C=O) groups excluding carboxylic acids is 9. The number of rotatable bonds is 22. The molecule has 0 spiro atoms. The molecule has 26 N–H and O–H groups in total. The molecule has 0 aromatic carbocycles. The topological polar surface area (TPSA) is 876 Å². The van der Waals surface area contributed by atoms with Crippen LogP contribution in [0, 0.1) is 41.4 Å². The summed E-state index contributed by atoms with van der Waals surface area (Å²) < 4.78 is 172. The molecule has 7 aliphatic rings. The summed E-state index contributed by atoms with van der Waals surface area (Å²) in [5.41, 5.74) is 0. The maximum absolute atomic E-state index is 11.2. The van der Waals surface area contributed by atoms with Gasteiger partial charge in [-0.3, -0.25) is 32.6 Å². The van der Waals surface area contributed by atoms with E-state index in [0.717, 1.165) is 0 Å². The van der Waals surface area contributed by atoms with E-state index < -0.39 is 256 Å². The third-order valence-corrected chi connectivity index (χ3v) is 21.0. The van der Waals surface area contributed by atoms with Crippen LogP contribution < -0.4 is 20.7 Å². The molecular weight excluding hydrogens is 1800 g/mol. The summed E-state index contributed by atoms with van der Waals surface area (Å²) >= 11 is 0. The first-order valence-corrected chi connectivity index (χ1v) is 44.2. The molecule has 7 aliphatic heterocycles. The molecule has 126 heavy (non-hydrogen) atoms. The van der Waals surface area contributed by atoms with E-state index in [2.05, 4.69) is 28.5 Å². The van der Waals surface area contributed by atoms with Crippen LogP contribution in [0.5, 0.6) is 0 Å². The molecule has 57 heteroatoms. The minimum atomic E-state index is -4.85. The standard InChI is InChI=1S/2C11H21NO8S.C11H21NO5.C9H19NO7S.C8H16O7S.2C8H16O4.3CO2/c1-5(2)10-8(12-6(3)14)9(15)11(7(4-13)19-10)20-21(16,17)18;1-5(2)11-8(12-6(3)13)10(15)9(14)7(20-11)4-19-21(16,17)18;1-5(2)11-8(12-6(3)14)10(16)9(15)7(4-13)17-11;1-4(2)9-6(10-18(14,15)16)8(13)7(12)5(3-11)17-9;1-4(2)7-8(15-16(11,12)13)6(10)5(9)3-14-7;2*1-4(2)8-7(11)6(10)5(9)3-12-8;3*2-1-3/h5,7-11,13,15H,4H2,1-3H3,(H,12,14)(H,16,17,18);5,7-11,14-15H,4H2,1-3H3,(H,12,13)(H,16,17,18);5,7-11,13,15-16H,4H2,1-3H3,(H,12,14);4-13H,3H2,1-2H3,(H,14,15,16);4-10H,3H2,1-2H3,(H,11,12,13);2*4-11H,3H2,1-2H3;;;. The molecule has 0 aliphatic carbocycles. The van der Waals surface area contributed by atoms with E-state index >= 15 is 0 Å². The molecule has 744 valence electrons. The van der Waals surface area contributed by atoms with Gasteiger partial charge in [-0.05, 0) is 41.4 Å². The minimum absolute atomic E-state index is 0.0445. The van der Waals surface area contributed by atoms with Crippen molar-refractivity contribution in [1.29, 1.82) is 0 Å². The molecule has 53 nitrogen and oxygen atoms in total. The first-order chi connectivity index (χ1) is 57.7. The molecule has 0 saturated carbocycles. The quantitative estimate of drug-likeness (QED) is 0.0448. The molecule has 0 aromatic heterocycles. The lowest BCUT2D eigenvalue weighted by Gasteiger charge is -2.45. The van der Waals surface area contributed by atoms with Crippen LogP contribution in [0.1, 0.15) is 118 Å². The third-order valence-electron chi connectivity index (χ3n) is 19.1. The molecular formula is C69H130N4O49S4. The number of hydrogen-bond acceptors (Lipinski definition) is 45. The van der Waals surface area contributed by atoms with Gasteiger partial charge in [-0.2, -0.15) is 67.2 Å². The lowest BCUT2D eigenvalue weighted by molar-refractivity contribution is -0.204. The van der Waals surface area contributed by atoms with Gasteiger partial charge in [0.1, 0.15) is 128 Å². The van der Waals surface area contributed by atoms with Gasteiger partial charge >= 0.3 is 60.0 Å². The van der Waals surface area contributed by atoms with Gasteiger partial charge in [0, 0.05) is 20.8 Å². The number of ether oxygens (including phenoxy) is 7. The highest BCUT2D eigenvalue weighted by molar-refractivity contribution is 7.83. The van der Waals surface area contributed by atoms with Gasteiger partial charge in [0.05, 0.1) is 113 Å². The van der Waals surface area contributed by atoms with E-state index in [1.165, 1.54) is 20.8 Å². The van der Waals surface area contributed by atoms with E-state index in [1.807, 2.05) is 46.3 Å². The van der Waals surface area contributed by atoms with Crippen LogP contribution >= 0.6 is 0 Å². The molecule has 7 saturated heterocycles. The van der Waals surface area contributed by atoms with Crippen LogP contribution in [-0.4, -0.2) is 421 Å². The molecule has 0 aromatic rings. The van der Waals surface area contributed by atoms with Crippen LogP contribution in [0.15, 0.2) is 0 Å². The zero-order valence-electron chi connectivity index (χ0n) is 72.0. The van der Waals surface area contributed by atoms with Crippen molar-refractivity contribution in [2.45, 2.75) is 313 Å². The van der Waals surface area contributed by atoms with Crippen LogP contribution in [0.3, 0.4) is 0 Å². The number of hydrogen-bond donors (Lipinski definition) is 26. The summed E-state index contributed by atoms with van der Waals surface area (Å²) in [5, 5.41) is 179. The van der Waals surface area contributed by atoms with E-state index in [-0.39, 0.29) is 104 Å². The van der Waals surface area contributed by atoms with E-state index in [9.17, 15) is 120 Å². The summed E-state index contributed by atoms with van der Waals surface area (Å²) in [7, 11) is -18.8. The van der Waals surface area contributed by atoms with Crippen molar-refractivity contribution in [1.82, 2.24) is 20.7 Å². The second kappa shape index (κ2) is 59.5. The van der Waals surface area contributed by atoms with Gasteiger partial charge < -0.3 is 141 Å². The Morgan fingerprint density at radius 3 is 0.841 bits per heavy atom. The minimum Gasteiger partial charge on any atom is -0.394 e. The third kappa shape index (κ3) is 44.5. The second-order valence-electron chi connectivity index (χ2n) is 31.5. The zero-order valence-corrected chi connectivity index (χ0v) is 75.2. The highest BCUT2D eigenvalue weighted by Gasteiger charge is 2.52. The Labute approximate surface area is 728 Å². The molecule has 0 bridgehead atoms. The average molecular weight is 1930 g/mol. The summed E-state index contributed by atoms with van der Waals surface area (Å²) in [6.45, 7) is 27.3. The average Bonchev–Trinajstić information content (AvgIpc) is 0.808. The smallest absolute Gasteiger partial charge is 0.394 e. The molecule has 7 fully saturated rings. The van der Waals surface area contributed by atoms with Crippen molar-refractivity contribution in [3.05, 3.63) is 0 Å². The van der Waals surface area contributed by atoms with Crippen LogP contribution in [0.2, 0.25) is 0 Å². The second-order valence-corrected chi connectivity index (χ2v) is 35.9. The number of amides is 3. The Balaban J connectivity index is -0.00000139. The Morgan fingerprint density at radius 2 is 0.571 bits per heavy atom. The van der Waals surface area contributed by atoms with Crippen molar-refractivity contribution in [2.75, 3.05) is 46.2 Å². The highest BCUT2D eigenvalue weighted by Crippen LogP contribution is 2.33. The maximum atomic E-state index is 11.2. The summed E-state index contributed by atoms with van der Waals surface area (Å²) in [6.07, 6.45) is -28.4. The van der Waals surface area contributed by atoms with Gasteiger partial charge in [-0.25, -0.2) is 12.5 Å². The van der Waals surface area contributed by atoms with Crippen LogP contribution in [0.4, 0.5) is 0 Å². The largest absolute Gasteiger partial charge is 0.397 e. The van der Waals surface area contributed by atoms with Gasteiger partial charge in [0.15, 0.2) is 0 Å². The molecule has 32 atom stereocenters.